The molecule has 0 amide bonds. The molecule has 0 radical (unpaired) electrons. The smallest absolute Gasteiger partial charge is 0.509 e. The summed E-state index contributed by atoms with van der Waals surface area (Å²) in [6.45, 7) is 3.17. The molecule has 0 rings (SSSR count). The van der Waals surface area contributed by atoms with Crippen molar-refractivity contribution in [2.24, 2.45) is 4.99 Å². The molecule has 0 fully saturated rings. The Labute approximate surface area is 65.2 Å². The highest BCUT2D eigenvalue weighted by atomic mass is 19.2. The van der Waals surface area contributed by atoms with E-state index in [0.717, 1.165) is 0 Å². The highest BCUT2D eigenvalue weighted by molar-refractivity contribution is 6.34. The minimum absolute atomic E-state index is 0.170. The standard InChI is InChI=1S/C6H10BF2NO/c1-5(10-3)4-6(2)11-7(8)9/h4H,1-3H3/b6-4-,10-5?. The molecule has 0 aromatic carbocycles. The van der Waals surface area contributed by atoms with E-state index in [1.54, 1.807) is 14.0 Å². The number of hydrogen-bond donors (Lipinski definition) is 0. The van der Waals surface area contributed by atoms with Gasteiger partial charge in [-0.1, -0.05) is 0 Å². The summed E-state index contributed by atoms with van der Waals surface area (Å²) in [4.78, 5) is 3.75. The van der Waals surface area contributed by atoms with Gasteiger partial charge in [0.1, 0.15) is 0 Å². The third-order valence-electron chi connectivity index (χ3n) is 1.04. The van der Waals surface area contributed by atoms with Crippen LogP contribution in [0.4, 0.5) is 8.63 Å². The summed E-state index contributed by atoms with van der Waals surface area (Å²) in [5.74, 6) is 0.170. The van der Waals surface area contributed by atoms with Crippen molar-refractivity contribution in [1.82, 2.24) is 0 Å². The Morgan fingerprint density at radius 3 is 2.36 bits per heavy atom. The molecule has 0 aliphatic heterocycles. The number of aliphatic imine (C=N–C) groups is 1. The molecule has 5 heteroatoms. The van der Waals surface area contributed by atoms with Crippen molar-refractivity contribution < 1.29 is 13.3 Å². The van der Waals surface area contributed by atoms with E-state index in [2.05, 4.69) is 9.65 Å². The maximum atomic E-state index is 11.5. The van der Waals surface area contributed by atoms with Crippen LogP contribution in [-0.2, 0) is 4.65 Å². The van der Waals surface area contributed by atoms with E-state index < -0.39 is 7.47 Å². The lowest BCUT2D eigenvalue weighted by atomic mass is 10.3. The molecule has 0 aliphatic rings. The number of allylic oxidation sites excluding steroid dienone is 2. The molecule has 0 unspecified atom stereocenters. The van der Waals surface area contributed by atoms with Gasteiger partial charge in [0.25, 0.3) is 0 Å². The zero-order valence-corrected chi connectivity index (χ0v) is 6.77. The first-order valence-electron chi connectivity index (χ1n) is 3.12. The van der Waals surface area contributed by atoms with E-state index in [9.17, 15) is 8.63 Å². The van der Waals surface area contributed by atoms with Gasteiger partial charge in [-0.15, -0.1) is 0 Å². The second-order valence-electron chi connectivity index (χ2n) is 2.00. The van der Waals surface area contributed by atoms with Crippen molar-refractivity contribution >= 4 is 13.2 Å². The maximum absolute atomic E-state index is 11.5. The van der Waals surface area contributed by atoms with Gasteiger partial charge in [0.15, 0.2) is 0 Å². The predicted octanol–water partition coefficient (Wildman–Crippen LogP) is 1.92. The van der Waals surface area contributed by atoms with Crippen LogP contribution in [0.25, 0.3) is 0 Å². The van der Waals surface area contributed by atoms with Gasteiger partial charge in [-0.2, -0.15) is 0 Å². The highest BCUT2D eigenvalue weighted by Gasteiger charge is 2.16. The number of rotatable bonds is 3. The highest BCUT2D eigenvalue weighted by Crippen LogP contribution is 2.00. The third-order valence-corrected chi connectivity index (χ3v) is 1.04. The molecular weight excluding hydrogens is 151 g/mol. The lowest BCUT2D eigenvalue weighted by Gasteiger charge is -2.00. The Balaban J connectivity index is 4.01. The van der Waals surface area contributed by atoms with Crippen molar-refractivity contribution in [3.63, 3.8) is 0 Å². The minimum atomic E-state index is -2.75. The fourth-order valence-electron chi connectivity index (χ4n) is 0.533. The normalized spacial score (nSPS) is 13.2. The van der Waals surface area contributed by atoms with Gasteiger partial charge in [0, 0.05) is 12.8 Å². The molecule has 62 valence electrons. The number of nitrogens with zero attached hydrogens (tertiary/aromatic N) is 1. The van der Waals surface area contributed by atoms with Crippen molar-refractivity contribution in [3.8, 4) is 0 Å². The third kappa shape index (κ3) is 5.57. The van der Waals surface area contributed by atoms with Gasteiger partial charge in [0.05, 0.1) is 5.76 Å². The Hall–Kier alpha value is -0.865. The first-order chi connectivity index (χ1) is 5.06. The van der Waals surface area contributed by atoms with E-state index in [0.29, 0.717) is 5.71 Å². The molecule has 0 bridgehead atoms. The zero-order valence-electron chi connectivity index (χ0n) is 6.77. The molecule has 2 nitrogen and oxygen atoms in total. The largest absolute Gasteiger partial charge is 0.796 e. The first-order valence-corrected chi connectivity index (χ1v) is 3.12. The Morgan fingerprint density at radius 1 is 1.45 bits per heavy atom. The van der Waals surface area contributed by atoms with Crippen LogP contribution in [0, 0.1) is 0 Å². The fraction of sp³-hybridized carbons (Fsp3) is 0.500. The van der Waals surface area contributed by atoms with Crippen LogP contribution in [0.5, 0.6) is 0 Å². The Morgan fingerprint density at radius 2 is 2.00 bits per heavy atom. The van der Waals surface area contributed by atoms with Crippen LogP contribution in [0.2, 0.25) is 0 Å². The Kier molecular flexibility index (Phi) is 4.49. The monoisotopic (exact) mass is 161 g/mol. The van der Waals surface area contributed by atoms with Gasteiger partial charge in [-0.25, -0.2) is 8.63 Å². The van der Waals surface area contributed by atoms with E-state index in [1.807, 2.05) is 0 Å². The summed E-state index contributed by atoms with van der Waals surface area (Å²) >= 11 is 0. The number of hydrogen-bond acceptors (Lipinski definition) is 2. The molecule has 11 heavy (non-hydrogen) atoms. The van der Waals surface area contributed by atoms with E-state index in [1.165, 1.54) is 13.0 Å². The fourth-order valence-corrected chi connectivity index (χ4v) is 0.533. The summed E-state index contributed by atoms with van der Waals surface area (Å²) < 4.78 is 27.1. The summed E-state index contributed by atoms with van der Waals surface area (Å²) in [6, 6.07) is 0. The summed E-state index contributed by atoms with van der Waals surface area (Å²) in [6.07, 6.45) is 1.45. The van der Waals surface area contributed by atoms with Gasteiger partial charge >= 0.3 is 7.47 Å². The van der Waals surface area contributed by atoms with E-state index in [4.69, 9.17) is 0 Å². The van der Waals surface area contributed by atoms with Gasteiger partial charge in [0.2, 0.25) is 0 Å². The van der Waals surface area contributed by atoms with Crippen LogP contribution >= 0.6 is 0 Å². The molecule has 0 aliphatic carbocycles. The zero-order chi connectivity index (χ0) is 8.85. The van der Waals surface area contributed by atoms with E-state index >= 15 is 0 Å². The van der Waals surface area contributed by atoms with Crippen LogP contribution in [-0.4, -0.2) is 20.2 Å². The molecule has 0 N–H and O–H groups in total. The average molecular weight is 161 g/mol. The van der Waals surface area contributed by atoms with Crippen molar-refractivity contribution in [2.75, 3.05) is 7.05 Å². The molecule has 0 spiro atoms. The first kappa shape index (κ1) is 10.1. The van der Waals surface area contributed by atoms with Crippen molar-refractivity contribution in [1.29, 1.82) is 0 Å². The topological polar surface area (TPSA) is 21.6 Å². The van der Waals surface area contributed by atoms with Gasteiger partial charge in [-0.3, -0.25) is 4.99 Å². The van der Waals surface area contributed by atoms with Gasteiger partial charge < -0.3 is 4.65 Å². The molecule has 0 aromatic heterocycles. The number of halogens is 2. The maximum Gasteiger partial charge on any atom is 0.796 e. The van der Waals surface area contributed by atoms with E-state index in [-0.39, 0.29) is 5.76 Å². The van der Waals surface area contributed by atoms with Crippen LogP contribution in [0.3, 0.4) is 0 Å². The SMILES string of the molecule is CN=C(C)/C=C(/C)OB(F)F. The molecule has 0 heterocycles. The van der Waals surface area contributed by atoms with Gasteiger partial charge in [-0.05, 0) is 19.9 Å². The quantitative estimate of drug-likeness (QED) is 0.352. The molecule has 0 atom stereocenters. The van der Waals surface area contributed by atoms with Crippen LogP contribution in [0.1, 0.15) is 13.8 Å². The predicted molar refractivity (Wildman–Crippen MR) is 41.8 cm³/mol. The van der Waals surface area contributed by atoms with Crippen LogP contribution < -0.4 is 0 Å². The van der Waals surface area contributed by atoms with Crippen LogP contribution in [0.15, 0.2) is 16.8 Å². The average Bonchev–Trinajstić information content (AvgIpc) is 1.85. The molecule has 0 saturated heterocycles. The summed E-state index contributed by atoms with van der Waals surface area (Å²) in [7, 11) is -1.17. The van der Waals surface area contributed by atoms with Crippen molar-refractivity contribution in [2.45, 2.75) is 13.8 Å². The minimum Gasteiger partial charge on any atom is -0.509 e. The second-order valence-corrected chi connectivity index (χ2v) is 2.00. The lowest BCUT2D eigenvalue weighted by Crippen LogP contribution is -2.03. The molecule has 0 saturated carbocycles. The van der Waals surface area contributed by atoms with Crippen molar-refractivity contribution in [3.05, 3.63) is 11.8 Å². The molecule has 0 aromatic rings. The Bertz CT molecular complexity index is 179. The second kappa shape index (κ2) is 4.88. The summed E-state index contributed by atoms with van der Waals surface area (Å²) in [5.41, 5.74) is 0.656. The molecular formula is C6H10BF2NO. The lowest BCUT2D eigenvalue weighted by molar-refractivity contribution is 0.339. The summed E-state index contributed by atoms with van der Waals surface area (Å²) in [5, 5.41) is 0.